The molecule has 0 bridgehead atoms. The Labute approximate surface area is 159 Å². The van der Waals surface area contributed by atoms with Gasteiger partial charge in [0.15, 0.2) is 0 Å². The van der Waals surface area contributed by atoms with Gasteiger partial charge in [-0.3, -0.25) is 4.90 Å². The third-order valence-electron chi connectivity index (χ3n) is 4.28. The average molecular weight is 399 g/mol. The molecule has 2 N–H and O–H groups in total. The summed E-state index contributed by atoms with van der Waals surface area (Å²) in [5, 5.41) is 5.33. The lowest BCUT2D eigenvalue weighted by atomic mass is 10.2. The van der Waals surface area contributed by atoms with E-state index in [0.717, 1.165) is 42.5 Å². The van der Waals surface area contributed by atoms with Crippen LogP contribution in [0.4, 0.5) is 23.7 Å². The second-order valence-electron chi connectivity index (χ2n) is 6.09. The number of carbonyl (C=O) groups is 1. The monoisotopic (exact) mass is 399 g/mol. The van der Waals surface area contributed by atoms with Crippen LogP contribution in [0, 0.1) is 0 Å². The van der Waals surface area contributed by atoms with Gasteiger partial charge in [-0.15, -0.1) is 0 Å². The van der Waals surface area contributed by atoms with E-state index in [1.165, 1.54) is 12.1 Å². The molecule has 5 nitrogen and oxygen atoms in total. The van der Waals surface area contributed by atoms with Gasteiger partial charge in [-0.1, -0.05) is 0 Å². The summed E-state index contributed by atoms with van der Waals surface area (Å²) in [5.41, 5.74) is -0.460. The molecule has 2 aromatic rings. The SMILES string of the molecule is O=C(NC[C@@H](c1ccco1)N1CCSCC1)Nc1ccc(C(F)(F)F)cc1. The number of benzene rings is 1. The number of thioether (sulfide) groups is 1. The first-order chi connectivity index (χ1) is 12.9. The number of anilines is 1. The van der Waals surface area contributed by atoms with Gasteiger partial charge in [-0.2, -0.15) is 24.9 Å². The molecule has 0 unspecified atom stereocenters. The molecule has 1 saturated heterocycles. The first-order valence-corrected chi connectivity index (χ1v) is 9.66. The summed E-state index contributed by atoms with van der Waals surface area (Å²) >= 11 is 1.89. The summed E-state index contributed by atoms with van der Waals surface area (Å²) < 4.78 is 43.3. The molecule has 27 heavy (non-hydrogen) atoms. The zero-order chi connectivity index (χ0) is 19.3. The Morgan fingerprint density at radius 2 is 1.89 bits per heavy atom. The van der Waals surface area contributed by atoms with Gasteiger partial charge in [-0.25, -0.2) is 4.79 Å². The number of nitrogens with one attached hydrogen (secondary N) is 2. The molecule has 1 aromatic carbocycles. The van der Waals surface area contributed by atoms with Crippen molar-refractivity contribution < 1.29 is 22.4 Å². The molecule has 1 atom stereocenters. The molecular weight excluding hydrogens is 379 g/mol. The lowest BCUT2D eigenvalue weighted by molar-refractivity contribution is -0.137. The maximum absolute atomic E-state index is 12.6. The number of amides is 2. The average Bonchev–Trinajstić information content (AvgIpc) is 3.17. The molecule has 0 radical (unpaired) electrons. The van der Waals surface area contributed by atoms with Gasteiger partial charge in [0, 0.05) is 36.8 Å². The predicted molar refractivity (Wildman–Crippen MR) is 98.8 cm³/mol. The molecule has 9 heteroatoms. The van der Waals surface area contributed by atoms with E-state index < -0.39 is 17.8 Å². The fourth-order valence-electron chi connectivity index (χ4n) is 2.89. The molecule has 2 amide bonds. The fourth-order valence-corrected chi connectivity index (χ4v) is 3.82. The van der Waals surface area contributed by atoms with Crippen LogP contribution in [0.25, 0.3) is 0 Å². The minimum atomic E-state index is -4.40. The highest BCUT2D eigenvalue weighted by atomic mass is 32.2. The van der Waals surface area contributed by atoms with Crippen molar-refractivity contribution in [2.24, 2.45) is 0 Å². The van der Waals surface area contributed by atoms with Gasteiger partial charge in [0.1, 0.15) is 5.76 Å². The minimum absolute atomic E-state index is 0.0840. The fraction of sp³-hybridized carbons (Fsp3) is 0.389. The Morgan fingerprint density at radius 3 is 2.48 bits per heavy atom. The Kier molecular flexibility index (Phi) is 6.33. The van der Waals surface area contributed by atoms with Crippen LogP contribution in [0.1, 0.15) is 17.4 Å². The van der Waals surface area contributed by atoms with Crippen LogP contribution in [0.3, 0.4) is 0 Å². The molecule has 1 fully saturated rings. The number of rotatable bonds is 5. The summed E-state index contributed by atoms with van der Waals surface area (Å²) in [7, 11) is 0. The first-order valence-electron chi connectivity index (χ1n) is 8.51. The van der Waals surface area contributed by atoms with E-state index in [4.69, 9.17) is 4.42 Å². The van der Waals surface area contributed by atoms with Crippen molar-refractivity contribution in [1.29, 1.82) is 0 Å². The standard InChI is InChI=1S/C18H20F3N3O2S/c19-18(20,21)13-3-5-14(6-4-13)23-17(25)22-12-15(16-2-1-9-26-16)24-7-10-27-11-8-24/h1-6,9,15H,7-8,10-12H2,(H2,22,23,25)/t15-/m0/s1. The smallest absolute Gasteiger partial charge is 0.416 e. The number of carbonyl (C=O) groups excluding carboxylic acids is 1. The van der Waals surface area contributed by atoms with E-state index in [9.17, 15) is 18.0 Å². The molecule has 3 rings (SSSR count). The molecule has 0 saturated carbocycles. The van der Waals surface area contributed by atoms with Gasteiger partial charge in [0.05, 0.1) is 17.9 Å². The number of hydrogen-bond acceptors (Lipinski definition) is 4. The minimum Gasteiger partial charge on any atom is -0.468 e. The van der Waals surface area contributed by atoms with E-state index in [0.29, 0.717) is 12.2 Å². The molecule has 1 aromatic heterocycles. The third-order valence-corrected chi connectivity index (χ3v) is 5.23. The van der Waals surface area contributed by atoms with E-state index >= 15 is 0 Å². The Balaban J connectivity index is 1.57. The van der Waals surface area contributed by atoms with Crippen LogP contribution < -0.4 is 10.6 Å². The first kappa shape index (κ1) is 19.6. The highest BCUT2D eigenvalue weighted by Gasteiger charge is 2.30. The summed E-state index contributed by atoms with van der Waals surface area (Å²) in [6, 6.07) is 7.46. The number of urea groups is 1. The van der Waals surface area contributed by atoms with Crippen molar-refractivity contribution in [2.75, 3.05) is 36.5 Å². The zero-order valence-corrected chi connectivity index (χ0v) is 15.3. The largest absolute Gasteiger partial charge is 0.468 e. The second-order valence-corrected chi connectivity index (χ2v) is 7.31. The Bertz CT molecular complexity index is 729. The van der Waals surface area contributed by atoms with Crippen molar-refractivity contribution in [3.63, 3.8) is 0 Å². The molecule has 2 heterocycles. The van der Waals surface area contributed by atoms with E-state index in [1.54, 1.807) is 6.26 Å². The maximum Gasteiger partial charge on any atom is 0.416 e. The quantitative estimate of drug-likeness (QED) is 0.791. The Morgan fingerprint density at radius 1 is 1.19 bits per heavy atom. The lowest BCUT2D eigenvalue weighted by Gasteiger charge is -2.33. The highest BCUT2D eigenvalue weighted by Crippen LogP contribution is 2.30. The molecular formula is C18H20F3N3O2S. The molecule has 0 aliphatic carbocycles. The summed E-state index contributed by atoms with van der Waals surface area (Å²) in [6.45, 7) is 2.14. The van der Waals surface area contributed by atoms with Crippen LogP contribution in [0.5, 0.6) is 0 Å². The van der Waals surface area contributed by atoms with Crippen molar-refractivity contribution in [3.05, 3.63) is 54.0 Å². The van der Waals surface area contributed by atoms with Crippen LogP contribution in [0.2, 0.25) is 0 Å². The van der Waals surface area contributed by atoms with Crippen molar-refractivity contribution in [3.8, 4) is 0 Å². The lowest BCUT2D eigenvalue weighted by Crippen LogP contribution is -2.42. The summed E-state index contributed by atoms with van der Waals surface area (Å²) in [5.74, 6) is 2.82. The topological polar surface area (TPSA) is 57.5 Å². The van der Waals surface area contributed by atoms with Crippen LogP contribution in [-0.2, 0) is 6.18 Å². The molecule has 0 spiro atoms. The van der Waals surface area contributed by atoms with Crippen LogP contribution in [-0.4, -0.2) is 42.1 Å². The number of furan rings is 1. The molecule has 1 aliphatic heterocycles. The van der Waals surface area contributed by atoms with Gasteiger partial charge >= 0.3 is 12.2 Å². The highest BCUT2D eigenvalue weighted by molar-refractivity contribution is 7.99. The summed E-state index contributed by atoms with van der Waals surface area (Å²) in [6.07, 6.45) is -2.80. The van der Waals surface area contributed by atoms with Gasteiger partial charge in [0.25, 0.3) is 0 Å². The number of halogens is 3. The Hall–Kier alpha value is -2.13. The van der Waals surface area contributed by atoms with Crippen molar-refractivity contribution in [1.82, 2.24) is 10.2 Å². The van der Waals surface area contributed by atoms with E-state index in [1.807, 2.05) is 23.9 Å². The van der Waals surface area contributed by atoms with E-state index in [2.05, 4.69) is 15.5 Å². The van der Waals surface area contributed by atoms with Crippen molar-refractivity contribution >= 4 is 23.5 Å². The van der Waals surface area contributed by atoms with Crippen LogP contribution >= 0.6 is 11.8 Å². The third kappa shape index (κ3) is 5.43. The summed E-state index contributed by atoms with van der Waals surface area (Å²) in [4.78, 5) is 14.4. The number of hydrogen-bond donors (Lipinski definition) is 2. The van der Waals surface area contributed by atoms with Crippen LogP contribution in [0.15, 0.2) is 47.1 Å². The van der Waals surface area contributed by atoms with Gasteiger partial charge in [-0.05, 0) is 36.4 Å². The van der Waals surface area contributed by atoms with Crippen molar-refractivity contribution in [2.45, 2.75) is 12.2 Å². The molecule has 1 aliphatic rings. The van der Waals surface area contributed by atoms with Gasteiger partial charge in [0.2, 0.25) is 0 Å². The second kappa shape index (κ2) is 8.71. The predicted octanol–water partition coefficient (Wildman–Crippen LogP) is 4.21. The zero-order valence-electron chi connectivity index (χ0n) is 14.5. The maximum atomic E-state index is 12.6. The van der Waals surface area contributed by atoms with E-state index in [-0.39, 0.29) is 6.04 Å². The van der Waals surface area contributed by atoms with Gasteiger partial charge < -0.3 is 15.1 Å². The normalized spacial score (nSPS) is 16.7. The number of alkyl halides is 3. The molecule has 146 valence electrons. The number of nitrogens with zero attached hydrogens (tertiary/aromatic N) is 1.